The Morgan fingerprint density at radius 1 is 1.19 bits per heavy atom. The Hall–Kier alpha value is -3.88. The van der Waals surface area contributed by atoms with Crippen LogP contribution in [0.1, 0.15) is 16.1 Å². The number of hydrogen-bond acceptors (Lipinski definition) is 6. The van der Waals surface area contributed by atoms with Gasteiger partial charge < -0.3 is 16.8 Å². The van der Waals surface area contributed by atoms with Crippen molar-refractivity contribution < 1.29 is 4.79 Å². The fourth-order valence-electron chi connectivity index (χ4n) is 2.68. The van der Waals surface area contributed by atoms with Crippen LogP contribution in [0.5, 0.6) is 0 Å². The molecule has 0 unspecified atom stereocenters. The molecule has 0 aliphatic heterocycles. The fraction of sp³-hybridized carbons (Fsp3) is 0.0588. The lowest BCUT2D eigenvalue weighted by Crippen LogP contribution is -2.16. The van der Waals surface area contributed by atoms with Gasteiger partial charge in [-0.1, -0.05) is 12.1 Å². The zero-order chi connectivity index (χ0) is 18.3. The van der Waals surface area contributed by atoms with Gasteiger partial charge in [0.25, 0.3) is 5.91 Å². The predicted octanol–water partition coefficient (Wildman–Crippen LogP) is 1.64. The Labute approximate surface area is 148 Å². The van der Waals surface area contributed by atoms with Crippen molar-refractivity contribution in [1.29, 1.82) is 0 Å². The first kappa shape index (κ1) is 15.6. The van der Waals surface area contributed by atoms with Crippen molar-refractivity contribution in [3.63, 3.8) is 0 Å². The van der Waals surface area contributed by atoms with Crippen LogP contribution in [0.3, 0.4) is 0 Å². The molecule has 0 aliphatic rings. The molecule has 0 fully saturated rings. The van der Waals surface area contributed by atoms with Crippen LogP contribution in [0.4, 0.5) is 17.3 Å². The monoisotopic (exact) mass is 348 g/mol. The summed E-state index contributed by atoms with van der Waals surface area (Å²) in [4.78, 5) is 16.9. The topological polar surface area (TPSA) is 129 Å². The molecular weight excluding hydrogens is 332 g/mol. The van der Waals surface area contributed by atoms with Crippen LogP contribution < -0.4 is 16.8 Å². The Kier molecular flexibility index (Phi) is 3.54. The number of nitrogens with one attached hydrogen (secondary N) is 1. The standard InChI is InChI=1S/C17H16N8O/c1-10-8-15(25(23-10)13-5-3-2-4-12(13)18)22-17(26)11-9-20-24-7-6-14(19)21-16(11)24/h2-9H,18H2,1H3,(H2,19,21)(H,22,26). The van der Waals surface area contributed by atoms with E-state index in [2.05, 4.69) is 20.5 Å². The number of rotatable bonds is 3. The summed E-state index contributed by atoms with van der Waals surface area (Å²) in [5, 5.41) is 11.4. The molecule has 3 aromatic heterocycles. The Balaban J connectivity index is 1.72. The molecule has 0 radical (unpaired) electrons. The average Bonchev–Trinajstić information content (AvgIpc) is 3.18. The third-order valence-electron chi connectivity index (χ3n) is 3.87. The van der Waals surface area contributed by atoms with E-state index in [4.69, 9.17) is 11.5 Å². The van der Waals surface area contributed by atoms with Gasteiger partial charge in [0.2, 0.25) is 0 Å². The minimum atomic E-state index is -0.367. The molecule has 0 saturated heterocycles. The summed E-state index contributed by atoms with van der Waals surface area (Å²) in [5.74, 6) is 0.437. The van der Waals surface area contributed by atoms with E-state index < -0.39 is 0 Å². The summed E-state index contributed by atoms with van der Waals surface area (Å²) in [5.41, 5.74) is 14.4. The zero-order valence-electron chi connectivity index (χ0n) is 13.9. The van der Waals surface area contributed by atoms with Crippen LogP contribution in [0.2, 0.25) is 0 Å². The van der Waals surface area contributed by atoms with E-state index in [0.29, 0.717) is 34.2 Å². The second kappa shape index (κ2) is 5.88. The van der Waals surface area contributed by atoms with Crippen LogP contribution in [-0.4, -0.2) is 30.3 Å². The lowest BCUT2D eigenvalue weighted by atomic mass is 10.2. The van der Waals surface area contributed by atoms with Crippen molar-refractivity contribution in [3.8, 4) is 5.69 Å². The minimum absolute atomic E-state index is 0.309. The molecule has 0 spiro atoms. The van der Waals surface area contributed by atoms with E-state index in [1.54, 1.807) is 29.1 Å². The van der Waals surface area contributed by atoms with Crippen LogP contribution in [0.25, 0.3) is 11.3 Å². The van der Waals surface area contributed by atoms with Crippen LogP contribution in [0.15, 0.2) is 48.8 Å². The van der Waals surface area contributed by atoms with E-state index in [-0.39, 0.29) is 5.91 Å². The van der Waals surface area contributed by atoms with E-state index in [1.807, 2.05) is 25.1 Å². The molecule has 4 aromatic rings. The third-order valence-corrected chi connectivity index (χ3v) is 3.87. The van der Waals surface area contributed by atoms with Crippen LogP contribution >= 0.6 is 0 Å². The summed E-state index contributed by atoms with van der Waals surface area (Å²) in [7, 11) is 0. The number of hydrogen-bond donors (Lipinski definition) is 3. The van der Waals surface area contributed by atoms with Crippen molar-refractivity contribution in [1.82, 2.24) is 24.4 Å². The highest BCUT2D eigenvalue weighted by Gasteiger charge is 2.18. The number of para-hydroxylation sites is 2. The molecule has 26 heavy (non-hydrogen) atoms. The number of aryl methyl sites for hydroxylation is 1. The number of nitrogen functional groups attached to an aromatic ring is 2. The predicted molar refractivity (Wildman–Crippen MR) is 98.1 cm³/mol. The largest absolute Gasteiger partial charge is 0.397 e. The van der Waals surface area contributed by atoms with Crippen LogP contribution in [-0.2, 0) is 0 Å². The smallest absolute Gasteiger partial charge is 0.262 e. The number of carbonyl (C=O) groups is 1. The van der Waals surface area contributed by atoms with Gasteiger partial charge in [-0.15, -0.1) is 0 Å². The van der Waals surface area contributed by atoms with Gasteiger partial charge in [-0.2, -0.15) is 10.2 Å². The van der Waals surface area contributed by atoms with E-state index in [9.17, 15) is 4.79 Å². The van der Waals surface area contributed by atoms with E-state index in [0.717, 1.165) is 5.69 Å². The second-order valence-corrected chi connectivity index (χ2v) is 5.77. The maximum atomic E-state index is 12.8. The number of benzene rings is 1. The Bertz CT molecular complexity index is 1130. The van der Waals surface area contributed by atoms with Gasteiger partial charge in [0, 0.05) is 12.3 Å². The van der Waals surface area contributed by atoms with Gasteiger partial charge in [0.05, 0.1) is 23.3 Å². The lowest BCUT2D eigenvalue weighted by molar-refractivity contribution is 0.102. The molecule has 4 rings (SSSR count). The molecular formula is C17H16N8O. The van der Waals surface area contributed by atoms with Gasteiger partial charge in [0.1, 0.15) is 17.2 Å². The quantitative estimate of drug-likeness (QED) is 0.483. The number of fused-ring (bicyclic) bond motifs is 1. The molecule has 3 heterocycles. The SMILES string of the molecule is Cc1cc(NC(=O)c2cnn3ccc(N)nc23)n(-c2ccccc2N)n1. The minimum Gasteiger partial charge on any atom is -0.397 e. The summed E-state index contributed by atoms with van der Waals surface area (Å²) < 4.78 is 3.08. The number of aromatic nitrogens is 5. The van der Waals surface area contributed by atoms with Crippen molar-refractivity contribution in [2.24, 2.45) is 0 Å². The van der Waals surface area contributed by atoms with Crippen LogP contribution in [0, 0.1) is 6.92 Å². The maximum absolute atomic E-state index is 12.8. The van der Waals surface area contributed by atoms with Gasteiger partial charge in [0.15, 0.2) is 5.65 Å². The highest BCUT2D eigenvalue weighted by atomic mass is 16.1. The second-order valence-electron chi connectivity index (χ2n) is 5.77. The molecule has 5 N–H and O–H groups in total. The van der Waals surface area contributed by atoms with Crippen molar-refractivity contribution in [3.05, 3.63) is 60.0 Å². The highest BCUT2D eigenvalue weighted by molar-refractivity contribution is 6.08. The maximum Gasteiger partial charge on any atom is 0.262 e. The summed E-state index contributed by atoms with van der Waals surface area (Å²) >= 11 is 0. The molecule has 9 nitrogen and oxygen atoms in total. The number of nitrogens with two attached hydrogens (primary N) is 2. The normalized spacial score (nSPS) is 11.0. The number of anilines is 3. The third kappa shape index (κ3) is 2.61. The van der Waals surface area contributed by atoms with Gasteiger partial charge in [-0.25, -0.2) is 14.2 Å². The first-order chi connectivity index (χ1) is 12.5. The summed E-state index contributed by atoms with van der Waals surface area (Å²) in [6.45, 7) is 1.84. The molecule has 0 aliphatic carbocycles. The Morgan fingerprint density at radius 3 is 2.81 bits per heavy atom. The molecule has 130 valence electrons. The first-order valence-electron chi connectivity index (χ1n) is 7.85. The molecule has 0 atom stereocenters. The van der Waals surface area contributed by atoms with E-state index >= 15 is 0 Å². The zero-order valence-corrected chi connectivity index (χ0v) is 13.9. The molecule has 1 amide bonds. The number of nitrogens with zero attached hydrogens (tertiary/aromatic N) is 5. The summed E-state index contributed by atoms with van der Waals surface area (Å²) in [6.07, 6.45) is 3.09. The average molecular weight is 348 g/mol. The number of amides is 1. The Morgan fingerprint density at radius 2 is 2.00 bits per heavy atom. The van der Waals surface area contributed by atoms with Gasteiger partial charge in [-0.3, -0.25) is 4.79 Å². The fourth-order valence-corrected chi connectivity index (χ4v) is 2.68. The summed E-state index contributed by atoms with van der Waals surface area (Å²) in [6, 6.07) is 10.7. The van der Waals surface area contributed by atoms with Gasteiger partial charge >= 0.3 is 0 Å². The van der Waals surface area contributed by atoms with Crippen molar-refractivity contribution >= 4 is 28.9 Å². The molecule has 0 saturated carbocycles. The highest BCUT2D eigenvalue weighted by Crippen LogP contribution is 2.23. The molecule has 0 bridgehead atoms. The number of carbonyl (C=O) groups excluding carboxylic acids is 1. The first-order valence-corrected chi connectivity index (χ1v) is 7.85. The van der Waals surface area contributed by atoms with Crippen molar-refractivity contribution in [2.45, 2.75) is 6.92 Å². The molecule has 9 heteroatoms. The lowest BCUT2D eigenvalue weighted by Gasteiger charge is -2.10. The van der Waals surface area contributed by atoms with Crippen molar-refractivity contribution in [2.75, 3.05) is 16.8 Å². The van der Waals surface area contributed by atoms with Gasteiger partial charge in [-0.05, 0) is 25.1 Å². The molecule has 1 aromatic carbocycles. The van der Waals surface area contributed by atoms with E-state index in [1.165, 1.54) is 10.7 Å².